The van der Waals surface area contributed by atoms with Crippen molar-refractivity contribution in [3.05, 3.63) is 16.9 Å². The van der Waals surface area contributed by atoms with Crippen molar-refractivity contribution in [2.45, 2.75) is 39.3 Å². The first kappa shape index (κ1) is 11.5. The average Bonchev–Trinajstić information content (AvgIpc) is 2.56. The fraction of sp³-hybridized carbons (Fsp3) is 0.700. The van der Waals surface area contributed by atoms with E-state index in [-0.39, 0.29) is 0 Å². The van der Waals surface area contributed by atoms with Crippen molar-refractivity contribution < 1.29 is 0 Å². The largest absolute Gasteiger partial charge is 0.312 e. The van der Waals surface area contributed by atoms with Gasteiger partial charge in [-0.05, 0) is 20.4 Å². The smallest absolute Gasteiger partial charge is 0.0834 e. The van der Waals surface area contributed by atoms with Crippen LogP contribution in [-0.4, -0.2) is 16.8 Å². The highest BCUT2D eigenvalue weighted by Gasteiger charge is 2.17. The van der Waals surface area contributed by atoms with Crippen LogP contribution in [0.1, 0.15) is 38.4 Å². The minimum atomic E-state index is 0.315. The van der Waals surface area contributed by atoms with Crippen LogP contribution in [0.5, 0.6) is 0 Å². The fourth-order valence-electron chi connectivity index (χ4n) is 1.68. The lowest BCUT2D eigenvalue weighted by Gasteiger charge is -2.17. The van der Waals surface area contributed by atoms with Crippen molar-refractivity contribution >= 4 is 11.6 Å². The number of nitrogens with one attached hydrogen (secondary N) is 1. The minimum absolute atomic E-state index is 0.315. The summed E-state index contributed by atoms with van der Waals surface area (Å²) >= 11 is 6.11. The highest BCUT2D eigenvalue weighted by molar-refractivity contribution is 6.31. The standard InChI is InChI=1S/C10H18ClN3/c1-4-6-9(12-3)10-8(11)7-13-14(10)5-2/h7,9,12H,4-6H2,1-3H3. The van der Waals surface area contributed by atoms with Gasteiger partial charge in [0.15, 0.2) is 0 Å². The Morgan fingerprint density at radius 1 is 1.57 bits per heavy atom. The van der Waals surface area contributed by atoms with Crippen LogP contribution >= 0.6 is 11.6 Å². The maximum absolute atomic E-state index is 6.11. The third-order valence-electron chi connectivity index (χ3n) is 2.39. The van der Waals surface area contributed by atoms with E-state index in [0.29, 0.717) is 6.04 Å². The van der Waals surface area contributed by atoms with E-state index in [0.717, 1.165) is 30.1 Å². The Balaban J connectivity index is 2.94. The summed E-state index contributed by atoms with van der Waals surface area (Å²) in [6, 6.07) is 0.315. The molecule has 1 unspecified atom stereocenters. The molecule has 0 aliphatic heterocycles. The predicted octanol–water partition coefficient (Wildman–Crippen LogP) is 2.62. The van der Waals surface area contributed by atoms with Crippen LogP contribution in [0.3, 0.4) is 0 Å². The van der Waals surface area contributed by atoms with Gasteiger partial charge in [-0.15, -0.1) is 0 Å². The van der Waals surface area contributed by atoms with Crippen LogP contribution in [-0.2, 0) is 6.54 Å². The molecule has 4 heteroatoms. The molecule has 1 rings (SSSR count). The molecule has 1 heterocycles. The van der Waals surface area contributed by atoms with Crippen molar-refractivity contribution in [1.29, 1.82) is 0 Å². The number of rotatable bonds is 5. The molecule has 0 bridgehead atoms. The zero-order valence-corrected chi connectivity index (χ0v) is 9.80. The van der Waals surface area contributed by atoms with Gasteiger partial charge in [-0.1, -0.05) is 24.9 Å². The van der Waals surface area contributed by atoms with Crippen LogP contribution in [0.15, 0.2) is 6.20 Å². The van der Waals surface area contributed by atoms with E-state index in [4.69, 9.17) is 11.6 Å². The number of hydrogen-bond acceptors (Lipinski definition) is 2. The second kappa shape index (κ2) is 5.37. The fourth-order valence-corrected chi connectivity index (χ4v) is 1.95. The van der Waals surface area contributed by atoms with E-state index < -0.39 is 0 Å². The van der Waals surface area contributed by atoms with Gasteiger partial charge in [0.1, 0.15) is 0 Å². The zero-order valence-electron chi connectivity index (χ0n) is 9.05. The lowest BCUT2D eigenvalue weighted by atomic mass is 10.1. The summed E-state index contributed by atoms with van der Waals surface area (Å²) in [7, 11) is 1.96. The Hall–Kier alpha value is -0.540. The highest BCUT2D eigenvalue weighted by atomic mass is 35.5. The van der Waals surface area contributed by atoms with Crippen LogP contribution in [0, 0.1) is 0 Å². The summed E-state index contributed by atoms with van der Waals surface area (Å²) < 4.78 is 1.96. The van der Waals surface area contributed by atoms with Crippen molar-refractivity contribution in [3.63, 3.8) is 0 Å². The van der Waals surface area contributed by atoms with E-state index in [1.807, 2.05) is 11.7 Å². The van der Waals surface area contributed by atoms with Crippen LogP contribution < -0.4 is 5.32 Å². The van der Waals surface area contributed by atoms with Gasteiger partial charge in [0, 0.05) is 6.54 Å². The van der Waals surface area contributed by atoms with Gasteiger partial charge in [-0.2, -0.15) is 5.10 Å². The Morgan fingerprint density at radius 3 is 2.79 bits per heavy atom. The van der Waals surface area contributed by atoms with Gasteiger partial charge >= 0.3 is 0 Å². The minimum Gasteiger partial charge on any atom is -0.312 e. The van der Waals surface area contributed by atoms with Gasteiger partial charge in [-0.25, -0.2) is 0 Å². The highest BCUT2D eigenvalue weighted by Crippen LogP contribution is 2.25. The third kappa shape index (κ3) is 2.28. The molecule has 0 aliphatic rings. The molecule has 0 amide bonds. The van der Waals surface area contributed by atoms with E-state index >= 15 is 0 Å². The summed E-state index contributed by atoms with van der Waals surface area (Å²) in [6.07, 6.45) is 3.94. The number of aromatic nitrogens is 2. The molecule has 0 saturated heterocycles. The molecule has 80 valence electrons. The van der Waals surface area contributed by atoms with Crippen LogP contribution in [0.2, 0.25) is 5.02 Å². The molecule has 0 aromatic carbocycles. The summed E-state index contributed by atoms with van der Waals surface area (Å²) in [5.41, 5.74) is 1.11. The summed E-state index contributed by atoms with van der Waals surface area (Å²) in [6.45, 7) is 5.11. The summed E-state index contributed by atoms with van der Waals surface area (Å²) in [5.74, 6) is 0. The predicted molar refractivity (Wildman–Crippen MR) is 59.6 cm³/mol. The van der Waals surface area contributed by atoms with Crippen LogP contribution in [0.25, 0.3) is 0 Å². The molecular weight excluding hydrogens is 198 g/mol. The first-order valence-electron chi connectivity index (χ1n) is 5.13. The number of nitrogens with zero attached hydrogens (tertiary/aromatic N) is 2. The quantitative estimate of drug-likeness (QED) is 0.819. The summed E-state index contributed by atoms with van der Waals surface area (Å²) in [5, 5.41) is 8.27. The van der Waals surface area contributed by atoms with Gasteiger partial charge in [-0.3, -0.25) is 4.68 Å². The van der Waals surface area contributed by atoms with E-state index in [1.165, 1.54) is 0 Å². The molecule has 0 spiro atoms. The van der Waals surface area contributed by atoms with Crippen LogP contribution in [0.4, 0.5) is 0 Å². The maximum atomic E-state index is 6.11. The van der Waals surface area contributed by atoms with Crippen molar-refractivity contribution in [2.75, 3.05) is 7.05 Å². The second-order valence-electron chi connectivity index (χ2n) is 3.32. The van der Waals surface area contributed by atoms with E-state index in [2.05, 4.69) is 24.3 Å². The lowest BCUT2D eigenvalue weighted by molar-refractivity contribution is 0.484. The number of halogens is 1. The number of aryl methyl sites for hydroxylation is 1. The lowest BCUT2D eigenvalue weighted by Crippen LogP contribution is -2.20. The molecular formula is C10H18ClN3. The molecule has 1 aromatic heterocycles. The first-order chi connectivity index (χ1) is 6.74. The Labute approximate surface area is 90.4 Å². The molecule has 1 N–H and O–H groups in total. The molecule has 0 saturated carbocycles. The third-order valence-corrected chi connectivity index (χ3v) is 2.68. The first-order valence-corrected chi connectivity index (χ1v) is 5.50. The van der Waals surface area contributed by atoms with Crippen molar-refractivity contribution in [1.82, 2.24) is 15.1 Å². The normalized spacial score (nSPS) is 13.1. The summed E-state index contributed by atoms with van der Waals surface area (Å²) in [4.78, 5) is 0. The molecule has 0 aliphatic carbocycles. The molecule has 0 fully saturated rings. The van der Waals surface area contributed by atoms with Gasteiger partial charge in [0.05, 0.1) is 23.0 Å². The van der Waals surface area contributed by atoms with E-state index in [9.17, 15) is 0 Å². The zero-order chi connectivity index (χ0) is 10.6. The monoisotopic (exact) mass is 215 g/mol. The molecule has 0 radical (unpaired) electrons. The van der Waals surface area contributed by atoms with Gasteiger partial charge in [0.2, 0.25) is 0 Å². The molecule has 14 heavy (non-hydrogen) atoms. The Morgan fingerprint density at radius 2 is 2.29 bits per heavy atom. The topological polar surface area (TPSA) is 29.9 Å². The Kier molecular flexibility index (Phi) is 4.42. The molecule has 1 aromatic rings. The molecule has 3 nitrogen and oxygen atoms in total. The number of hydrogen-bond donors (Lipinski definition) is 1. The Bertz CT molecular complexity index is 283. The SMILES string of the molecule is CCCC(NC)c1c(Cl)cnn1CC. The second-order valence-corrected chi connectivity index (χ2v) is 3.73. The van der Waals surface area contributed by atoms with Crippen molar-refractivity contribution in [2.24, 2.45) is 0 Å². The van der Waals surface area contributed by atoms with Crippen molar-refractivity contribution in [3.8, 4) is 0 Å². The van der Waals surface area contributed by atoms with E-state index in [1.54, 1.807) is 6.20 Å². The van der Waals surface area contributed by atoms with Gasteiger partial charge < -0.3 is 5.32 Å². The maximum Gasteiger partial charge on any atom is 0.0834 e. The average molecular weight is 216 g/mol. The molecule has 1 atom stereocenters. The van der Waals surface area contributed by atoms with Gasteiger partial charge in [0.25, 0.3) is 0 Å².